The van der Waals surface area contributed by atoms with E-state index in [4.69, 9.17) is 0 Å². The van der Waals surface area contributed by atoms with Gasteiger partial charge in [0.1, 0.15) is 0 Å². The maximum absolute atomic E-state index is 2.65. The standard InChI is InChI=1S/C64H58BN3/c1-61(2,3)41-27-31-43(32-28-41)68-55-25-17-24-54-57(55)65(56-47-21-13-15-22-50(47)64(9,10)60(56)68)59-58(67(54)44-30-26-39-18-11-12-19-40(39)36-44)49-38-45(33-34-51(49)63(59,7)8)66-52-23-16-14-20-46(52)48-37-42(62(4,5)6)29-35-53(48)66/h11-38H,1-10H3. The summed E-state index contributed by atoms with van der Waals surface area (Å²) in [6.07, 6.45) is 0. The second-order valence-electron chi connectivity index (χ2n) is 23.0. The SMILES string of the molecule is CC(C)(C)c1ccc(N2C3=C(B4C5=C(c6cc(-n7c8ccccc8c8cc(C(C)(C)C)ccc87)ccc6C5(C)C)N(c5ccc6ccccc6c5)c5cccc2c54)c2ccccc2C3(C)C)cc1. The first-order valence-electron chi connectivity index (χ1n) is 24.6. The quantitative estimate of drug-likeness (QED) is 0.164. The van der Waals surface area contributed by atoms with Crippen LogP contribution in [0.15, 0.2) is 181 Å². The van der Waals surface area contributed by atoms with Gasteiger partial charge in [0.15, 0.2) is 0 Å². The Balaban J connectivity index is 1.13. The number of rotatable bonds is 3. The number of benzene rings is 8. The molecule has 0 unspecified atom stereocenters. The van der Waals surface area contributed by atoms with E-state index in [0.29, 0.717) is 0 Å². The lowest BCUT2D eigenvalue weighted by Crippen LogP contribution is -2.52. The lowest BCUT2D eigenvalue weighted by molar-refractivity contribution is 0.590. The monoisotopic (exact) mass is 879 g/mol. The van der Waals surface area contributed by atoms with Crippen molar-refractivity contribution in [3.63, 3.8) is 0 Å². The Morgan fingerprint density at radius 2 is 1.06 bits per heavy atom. The summed E-state index contributed by atoms with van der Waals surface area (Å²) in [6, 6.07) is 65.2. The Morgan fingerprint density at radius 3 is 1.82 bits per heavy atom. The molecule has 0 atom stereocenters. The predicted octanol–water partition coefficient (Wildman–Crippen LogP) is 16.0. The molecule has 4 aliphatic rings. The van der Waals surface area contributed by atoms with Gasteiger partial charge in [0.05, 0.1) is 11.0 Å². The number of allylic oxidation sites excluding steroid dienone is 2. The summed E-state index contributed by atoms with van der Waals surface area (Å²) in [7, 11) is 0. The van der Waals surface area contributed by atoms with Crippen LogP contribution in [0.2, 0.25) is 0 Å². The number of anilines is 4. The summed E-state index contributed by atoms with van der Waals surface area (Å²) in [5.41, 5.74) is 23.2. The maximum atomic E-state index is 2.65. The Kier molecular flexibility index (Phi) is 8.35. The van der Waals surface area contributed by atoms with Crippen molar-refractivity contribution in [3.05, 3.63) is 214 Å². The van der Waals surface area contributed by atoms with Gasteiger partial charge in [-0.05, 0) is 127 Å². The fraction of sp³-hybridized carbons (Fsp3) is 0.219. The first-order valence-corrected chi connectivity index (χ1v) is 24.6. The van der Waals surface area contributed by atoms with Crippen LogP contribution in [0.3, 0.4) is 0 Å². The topological polar surface area (TPSA) is 11.4 Å². The first kappa shape index (κ1) is 41.2. The van der Waals surface area contributed by atoms with Crippen LogP contribution in [0, 0.1) is 0 Å². The third kappa shape index (κ3) is 5.55. The van der Waals surface area contributed by atoms with Crippen molar-refractivity contribution >= 4 is 78.7 Å². The van der Waals surface area contributed by atoms with Crippen LogP contribution in [0.25, 0.3) is 49.4 Å². The van der Waals surface area contributed by atoms with Gasteiger partial charge in [-0.15, -0.1) is 0 Å². The minimum Gasteiger partial charge on any atom is -0.314 e. The molecule has 0 spiro atoms. The molecule has 3 nitrogen and oxygen atoms in total. The summed E-state index contributed by atoms with van der Waals surface area (Å²) >= 11 is 0. The van der Waals surface area contributed by atoms with Crippen LogP contribution in [0.1, 0.15) is 103 Å². The third-order valence-corrected chi connectivity index (χ3v) is 16.2. The molecule has 0 radical (unpaired) electrons. The van der Waals surface area contributed by atoms with Crippen LogP contribution in [-0.4, -0.2) is 11.3 Å². The summed E-state index contributed by atoms with van der Waals surface area (Å²) in [5.74, 6) is 0. The van der Waals surface area contributed by atoms with E-state index < -0.39 is 0 Å². The summed E-state index contributed by atoms with van der Waals surface area (Å²) in [5, 5.41) is 5.07. The highest BCUT2D eigenvalue weighted by Gasteiger charge is 2.57. The Bertz CT molecular complexity index is 3710. The Hall–Kier alpha value is -7.04. The van der Waals surface area contributed by atoms with Crippen LogP contribution >= 0.6 is 0 Å². The molecule has 0 bridgehead atoms. The molecule has 2 aliphatic heterocycles. The number of hydrogen-bond acceptors (Lipinski definition) is 2. The minimum absolute atomic E-state index is 0.0193. The zero-order chi connectivity index (χ0) is 46.8. The van der Waals surface area contributed by atoms with Gasteiger partial charge in [-0.1, -0.05) is 178 Å². The molecule has 1 aromatic heterocycles. The molecule has 0 N–H and O–H groups in total. The van der Waals surface area contributed by atoms with E-state index in [-0.39, 0.29) is 28.4 Å². The van der Waals surface area contributed by atoms with Gasteiger partial charge in [0.2, 0.25) is 6.71 Å². The molecule has 3 heterocycles. The number of hydrogen-bond donors (Lipinski definition) is 0. The van der Waals surface area contributed by atoms with Crippen LogP contribution < -0.4 is 15.3 Å². The average molecular weight is 880 g/mol. The second kappa shape index (κ2) is 13.8. The largest absolute Gasteiger partial charge is 0.314 e. The third-order valence-electron chi connectivity index (χ3n) is 16.2. The molecule has 68 heavy (non-hydrogen) atoms. The molecule has 0 amide bonds. The minimum atomic E-state index is -0.313. The van der Waals surface area contributed by atoms with E-state index in [2.05, 4.69) is 253 Å². The lowest BCUT2D eigenvalue weighted by Gasteiger charge is -2.47. The van der Waals surface area contributed by atoms with Gasteiger partial charge in [0.25, 0.3) is 0 Å². The Morgan fingerprint density at radius 1 is 0.441 bits per heavy atom. The zero-order valence-corrected chi connectivity index (χ0v) is 41.1. The highest BCUT2D eigenvalue weighted by Crippen LogP contribution is 2.62. The van der Waals surface area contributed by atoms with E-state index in [1.807, 2.05) is 0 Å². The van der Waals surface area contributed by atoms with Gasteiger partial charge in [0, 0.05) is 67.0 Å². The smallest absolute Gasteiger partial charge is 0.249 e. The van der Waals surface area contributed by atoms with Crippen molar-refractivity contribution in [1.29, 1.82) is 0 Å². The summed E-state index contributed by atoms with van der Waals surface area (Å²) < 4.78 is 2.51. The molecule has 9 aromatic rings. The van der Waals surface area contributed by atoms with Crippen molar-refractivity contribution in [2.75, 3.05) is 9.80 Å². The molecule has 332 valence electrons. The van der Waals surface area contributed by atoms with Crippen LogP contribution in [0.5, 0.6) is 0 Å². The van der Waals surface area contributed by atoms with E-state index in [0.717, 1.165) is 0 Å². The van der Waals surface area contributed by atoms with Gasteiger partial charge >= 0.3 is 0 Å². The highest BCUT2D eigenvalue weighted by molar-refractivity contribution is 6.99. The number of fused-ring (bicyclic) bond motifs is 10. The molecule has 0 saturated heterocycles. The molecule has 8 aromatic carbocycles. The lowest BCUT2D eigenvalue weighted by atomic mass is 9.29. The van der Waals surface area contributed by atoms with Crippen molar-refractivity contribution in [3.8, 4) is 5.69 Å². The molecule has 2 aliphatic carbocycles. The van der Waals surface area contributed by atoms with E-state index in [1.54, 1.807) is 0 Å². The molecular weight excluding hydrogens is 822 g/mol. The molecule has 4 heteroatoms. The normalized spacial score (nSPS) is 16.7. The summed E-state index contributed by atoms with van der Waals surface area (Å²) in [4.78, 5) is 5.29. The van der Waals surface area contributed by atoms with Crippen LogP contribution in [-0.2, 0) is 21.7 Å². The molecular formula is C64H58BN3. The van der Waals surface area contributed by atoms with Gasteiger partial charge in [-0.2, -0.15) is 0 Å². The van der Waals surface area contributed by atoms with E-state index in [1.165, 1.54) is 122 Å². The second-order valence-corrected chi connectivity index (χ2v) is 23.0. The predicted molar refractivity (Wildman–Crippen MR) is 291 cm³/mol. The number of para-hydroxylation sites is 1. The molecule has 13 rings (SSSR count). The maximum Gasteiger partial charge on any atom is 0.249 e. The Labute approximate surface area is 402 Å². The van der Waals surface area contributed by atoms with Gasteiger partial charge in [-0.3, -0.25) is 0 Å². The van der Waals surface area contributed by atoms with Crippen molar-refractivity contribution in [1.82, 2.24) is 4.57 Å². The fourth-order valence-corrected chi connectivity index (χ4v) is 12.9. The van der Waals surface area contributed by atoms with Gasteiger partial charge in [-0.25, -0.2) is 0 Å². The van der Waals surface area contributed by atoms with E-state index >= 15 is 0 Å². The number of aromatic nitrogens is 1. The van der Waals surface area contributed by atoms with Crippen molar-refractivity contribution in [2.24, 2.45) is 0 Å². The van der Waals surface area contributed by atoms with E-state index in [9.17, 15) is 0 Å². The highest BCUT2D eigenvalue weighted by atomic mass is 15.2. The fourth-order valence-electron chi connectivity index (χ4n) is 12.9. The molecule has 0 fully saturated rings. The summed E-state index contributed by atoms with van der Waals surface area (Å²) in [6.45, 7) is 23.8. The average Bonchev–Trinajstić information content (AvgIpc) is 3.87. The molecule has 0 saturated carbocycles. The van der Waals surface area contributed by atoms with Gasteiger partial charge < -0.3 is 14.4 Å². The van der Waals surface area contributed by atoms with Crippen molar-refractivity contribution in [2.45, 2.75) is 90.9 Å². The van der Waals surface area contributed by atoms with Crippen molar-refractivity contribution < 1.29 is 0 Å². The first-order chi connectivity index (χ1) is 32.5. The number of nitrogens with zero attached hydrogens (tertiary/aromatic N) is 3. The van der Waals surface area contributed by atoms with Crippen LogP contribution in [0.4, 0.5) is 22.7 Å². The zero-order valence-electron chi connectivity index (χ0n) is 41.1.